The Labute approximate surface area is 85.7 Å². The van der Waals surface area contributed by atoms with Crippen molar-refractivity contribution in [3.8, 4) is 0 Å². The first-order valence-electron chi connectivity index (χ1n) is 4.47. The van der Waals surface area contributed by atoms with Gasteiger partial charge in [0.2, 0.25) is 5.91 Å². The topological polar surface area (TPSA) is 44.7 Å². The summed E-state index contributed by atoms with van der Waals surface area (Å²) < 4.78 is 0. The van der Waals surface area contributed by atoms with Crippen molar-refractivity contribution < 1.29 is 4.79 Å². The van der Waals surface area contributed by atoms with Crippen molar-refractivity contribution in [2.45, 2.75) is 20.8 Å². The Kier molecular flexibility index (Phi) is 4.34. The number of carbonyl (C=O) groups is 1. The molecule has 0 unspecified atom stereocenters. The SMILES string of the molecule is C=C/C(=N\N(C)C)NC(=O)C(C)(C)C. The molecule has 0 atom stereocenters. The molecule has 0 saturated carbocycles. The molecule has 0 spiro atoms. The number of hydrazone groups is 1. The van der Waals surface area contributed by atoms with Crippen LogP contribution in [-0.4, -0.2) is 30.8 Å². The van der Waals surface area contributed by atoms with E-state index in [1.54, 1.807) is 19.1 Å². The van der Waals surface area contributed by atoms with E-state index in [1.165, 1.54) is 6.08 Å². The smallest absolute Gasteiger partial charge is 0.230 e. The van der Waals surface area contributed by atoms with E-state index in [0.29, 0.717) is 5.84 Å². The van der Waals surface area contributed by atoms with Gasteiger partial charge in [-0.15, -0.1) is 0 Å². The van der Waals surface area contributed by atoms with Gasteiger partial charge in [0.05, 0.1) is 0 Å². The quantitative estimate of drug-likeness (QED) is 0.411. The van der Waals surface area contributed by atoms with Gasteiger partial charge in [0.15, 0.2) is 5.84 Å². The lowest BCUT2D eigenvalue weighted by Gasteiger charge is -2.18. The van der Waals surface area contributed by atoms with Gasteiger partial charge in [-0.1, -0.05) is 27.4 Å². The fourth-order valence-electron chi connectivity index (χ4n) is 0.636. The third kappa shape index (κ3) is 4.64. The zero-order valence-corrected chi connectivity index (χ0v) is 9.59. The molecule has 0 rings (SSSR count). The molecule has 0 aromatic rings. The van der Waals surface area contributed by atoms with Gasteiger partial charge in [0.1, 0.15) is 0 Å². The number of carbonyl (C=O) groups excluding carboxylic acids is 1. The Hall–Kier alpha value is -1.32. The average molecular weight is 197 g/mol. The third-order valence-electron chi connectivity index (χ3n) is 1.42. The standard InChI is InChI=1S/C10H19N3O/c1-7-8(12-13(5)6)11-9(14)10(2,3)4/h7H,1H2,2-6H3,(H,11,12,14). The first kappa shape index (κ1) is 12.7. The number of amides is 1. The number of rotatable bonds is 2. The summed E-state index contributed by atoms with van der Waals surface area (Å²) in [5, 5.41) is 8.35. The predicted octanol–water partition coefficient (Wildman–Crippen LogP) is 1.21. The van der Waals surface area contributed by atoms with Crippen LogP contribution in [0.1, 0.15) is 20.8 Å². The second-order valence-corrected chi connectivity index (χ2v) is 4.24. The maximum atomic E-state index is 11.6. The molecule has 4 nitrogen and oxygen atoms in total. The maximum Gasteiger partial charge on any atom is 0.230 e. The van der Waals surface area contributed by atoms with Crippen LogP contribution >= 0.6 is 0 Å². The van der Waals surface area contributed by atoms with Gasteiger partial charge in [-0.25, -0.2) is 0 Å². The molecule has 1 N–H and O–H groups in total. The Morgan fingerprint density at radius 3 is 2.21 bits per heavy atom. The van der Waals surface area contributed by atoms with Crippen molar-refractivity contribution in [1.29, 1.82) is 0 Å². The van der Waals surface area contributed by atoms with Crippen LogP contribution in [0.3, 0.4) is 0 Å². The van der Waals surface area contributed by atoms with E-state index in [1.807, 2.05) is 20.8 Å². The molecule has 0 aliphatic carbocycles. The minimum absolute atomic E-state index is 0.0713. The van der Waals surface area contributed by atoms with E-state index in [2.05, 4.69) is 17.0 Å². The van der Waals surface area contributed by atoms with Crippen LogP contribution in [0.4, 0.5) is 0 Å². The lowest BCUT2D eigenvalue weighted by Crippen LogP contribution is -2.38. The highest BCUT2D eigenvalue weighted by Crippen LogP contribution is 2.12. The van der Waals surface area contributed by atoms with Crippen LogP contribution in [-0.2, 0) is 4.79 Å². The summed E-state index contributed by atoms with van der Waals surface area (Å²) in [6.07, 6.45) is 1.52. The molecule has 0 fully saturated rings. The number of hydrogen-bond donors (Lipinski definition) is 1. The first-order chi connectivity index (χ1) is 6.27. The largest absolute Gasteiger partial charge is 0.309 e. The monoisotopic (exact) mass is 197 g/mol. The highest BCUT2D eigenvalue weighted by Gasteiger charge is 2.21. The molecule has 1 amide bonds. The first-order valence-corrected chi connectivity index (χ1v) is 4.47. The second-order valence-electron chi connectivity index (χ2n) is 4.24. The Balaban J connectivity index is 4.50. The van der Waals surface area contributed by atoms with Crippen LogP contribution in [0, 0.1) is 5.41 Å². The van der Waals surface area contributed by atoms with E-state index in [-0.39, 0.29) is 5.91 Å². The number of nitrogens with one attached hydrogen (secondary N) is 1. The molecule has 4 heteroatoms. The Morgan fingerprint density at radius 1 is 1.43 bits per heavy atom. The molecule has 0 aromatic carbocycles. The van der Waals surface area contributed by atoms with Gasteiger partial charge in [-0.05, 0) is 6.08 Å². The van der Waals surface area contributed by atoms with Crippen molar-refractivity contribution in [3.05, 3.63) is 12.7 Å². The van der Waals surface area contributed by atoms with Gasteiger partial charge < -0.3 is 10.3 Å². The van der Waals surface area contributed by atoms with Gasteiger partial charge in [-0.2, -0.15) is 5.10 Å². The third-order valence-corrected chi connectivity index (χ3v) is 1.42. The zero-order chi connectivity index (χ0) is 11.4. The molecular formula is C10H19N3O. The number of nitrogens with zero attached hydrogens (tertiary/aromatic N) is 2. The van der Waals surface area contributed by atoms with E-state index >= 15 is 0 Å². The van der Waals surface area contributed by atoms with Crippen LogP contribution in [0.25, 0.3) is 0 Å². The number of amidine groups is 1. The van der Waals surface area contributed by atoms with E-state index in [4.69, 9.17) is 0 Å². The van der Waals surface area contributed by atoms with Crippen LogP contribution < -0.4 is 5.32 Å². The summed E-state index contributed by atoms with van der Waals surface area (Å²) in [6.45, 7) is 9.11. The summed E-state index contributed by atoms with van der Waals surface area (Å²) in [5.41, 5.74) is -0.421. The summed E-state index contributed by atoms with van der Waals surface area (Å²) in [4.78, 5) is 11.6. The van der Waals surface area contributed by atoms with Crippen molar-refractivity contribution in [3.63, 3.8) is 0 Å². The minimum atomic E-state index is -0.421. The highest BCUT2D eigenvalue weighted by atomic mass is 16.2. The van der Waals surface area contributed by atoms with E-state index in [0.717, 1.165) is 0 Å². The molecule has 14 heavy (non-hydrogen) atoms. The zero-order valence-electron chi connectivity index (χ0n) is 9.59. The van der Waals surface area contributed by atoms with E-state index in [9.17, 15) is 4.79 Å². The number of hydrogen-bond acceptors (Lipinski definition) is 3. The summed E-state index contributed by atoms with van der Waals surface area (Å²) in [5.74, 6) is 0.396. The fourth-order valence-corrected chi connectivity index (χ4v) is 0.636. The van der Waals surface area contributed by atoms with Crippen molar-refractivity contribution >= 4 is 11.7 Å². The average Bonchev–Trinajstić information content (AvgIpc) is 2.00. The maximum absolute atomic E-state index is 11.6. The van der Waals surface area contributed by atoms with E-state index < -0.39 is 5.41 Å². The van der Waals surface area contributed by atoms with Crippen molar-refractivity contribution in [2.75, 3.05) is 14.1 Å². The summed E-state index contributed by atoms with van der Waals surface area (Å²) in [6, 6.07) is 0. The van der Waals surface area contributed by atoms with Gasteiger partial charge >= 0.3 is 0 Å². The highest BCUT2D eigenvalue weighted by molar-refractivity contribution is 6.05. The molecule has 0 heterocycles. The lowest BCUT2D eigenvalue weighted by atomic mass is 9.96. The summed E-state index contributed by atoms with van der Waals surface area (Å²) >= 11 is 0. The predicted molar refractivity (Wildman–Crippen MR) is 58.9 cm³/mol. The second kappa shape index (κ2) is 4.79. The Morgan fingerprint density at radius 2 is 1.93 bits per heavy atom. The molecular weight excluding hydrogens is 178 g/mol. The molecule has 80 valence electrons. The summed E-state index contributed by atoms with van der Waals surface area (Å²) in [7, 11) is 3.57. The molecule has 0 radical (unpaired) electrons. The molecule has 0 aliphatic rings. The Bertz CT molecular complexity index is 249. The fraction of sp³-hybridized carbons (Fsp3) is 0.600. The van der Waals surface area contributed by atoms with Crippen LogP contribution in [0.15, 0.2) is 17.8 Å². The van der Waals surface area contributed by atoms with Crippen molar-refractivity contribution in [1.82, 2.24) is 10.3 Å². The molecule has 0 aromatic heterocycles. The van der Waals surface area contributed by atoms with Crippen LogP contribution in [0.2, 0.25) is 0 Å². The van der Waals surface area contributed by atoms with Gasteiger partial charge in [0.25, 0.3) is 0 Å². The normalized spacial score (nSPS) is 12.2. The molecule has 0 aliphatic heterocycles. The molecule has 0 bridgehead atoms. The van der Waals surface area contributed by atoms with Gasteiger partial charge in [0, 0.05) is 19.5 Å². The minimum Gasteiger partial charge on any atom is -0.309 e. The van der Waals surface area contributed by atoms with Gasteiger partial charge in [-0.3, -0.25) is 4.79 Å². The van der Waals surface area contributed by atoms with Crippen molar-refractivity contribution in [2.24, 2.45) is 10.5 Å². The lowest BCUT2D eigenvalue weighted by molar-refractivity contribution is -0.126. The molecule has 0 saturated heterocycles. The van der Waals surface area contributed by atoms with Crippen LogP contribution in [0.5, 0.6) is 0 Å².